The van der Waals surface area contributed by atoms with Crippen LogP contribution in [0.25, 0.3) is 0 Å². The molecule has 0 aromatic heterocycles. The minimum atomic E-state index is -1.30. The quantitative estimate of drug-likeness (QED) is 0.586. The van der Waals surface area contributed by atoms with Gasteiger partial charge in [-0.15, -0.1) is 0 Å². The largest absolute Gasteiger partial charge is 0.457 e. The minimum Gasteiger partial charge on any atom is -0.457 e. The van der Waals surface area contributed by atoms with E-state index in [2.05, 4.69) is 13.8 Å². The molecule has 1 heterocycles. The normalized spacial score (nSPS) is 44.7. The van der Waals surface area contributed by atoms with Gasteiger partial charge in [-0.1, -0.05) is 25.5 Å². The van der Waals surface area contributed by atoms with Crippen LogP contribution in [0.5, 0.6) is 0 Å². The number of aliphatic hydroxyl groups is 1. The number of ketones is 2. The summed E-state index contributed by atoms with van der Waals surface area (Å²) in [5, 5.41) is 11.7. The molecule has 1 aliphatic heterocycles. The number of ether oxygens (including phenoxy) is 3. The van der Waals surface area contributed by atoms with Crippen molar-refractivity contribution < 1.29 is 33.7 Å². The maximum atomic E-state index is 14.0. The van der Waals surface area contributed by atoms with Gasteiger partial charge in [0, 0.05) is 16.7 Å². The number of hydrogen-bond acceptors (Lipinski definition) is 7. The van der Waals surface area contributed by atoms with Gasteiger partial charge in [0.15, 0.2) is 23.8 Å². The molecule has 7 nitrogen and oxygen atoms in total. The van der Waals surface area contributed by atoms with Crippen LogP contribution < -0.4 is 0 Å². The van der Waals surface area contributed by atoms with Crippen LogP contribution in [0.4, 0.5) is 0 Å². The molecule has 36 heavy (non-hydrogen) atoms. The lowest BCUT2D eigenvalue weighted by molar-refractivity contribution is -0.226. The third kappa shape index (κ3) is 3.45. The Bertz CT molecular complexity index is 1060. The van der Waals surface area contributed by atoms with Crippen molar-refractivity contribution in [2.75, 3.05) is 6.61 Å². The Morgan fingerprint density at radius 1 is 1.19 bits per heavy atom. The molecule has 1 unspecified atom stereocenters. The smallest absolute Gasteiger partial charge is 0.311 e. The Morgan fingerprint density at radius 3 is 2.56 bits per heavy atom. The van der Waals surface area contributed by atoms with Gasteiger partial charge in [-0.25, -0.2) is 0 Å². The van der Waals surface area contributed by atoms with Crippen molar-refractivity contribution in [3.63, 3.8) is 0 Å². The molecular formula is C29H40O7. The van der Waals surface area contributed by atoms with Gasteiger partial charge in [0.25, 0.3) is 0 Å². The van der Waals surface area contributed by atoms with E-state index in [1.807, 2.05) is 19.9 Å². The zero-order valence-corrected chi connectivity index (χ0v) is 22.6. The molecule has 1 N–H and O–H groups in total. The molecule has 5 rings (SSSR count). The van der Waals surface area contributed by atoms with E-state index in [0.717, 1.165) is 18.4 Å². The average molecular weight is 501 g/mol. The van der Waals surface area contributed by atoms with Gasteiger partial charge in [-0.2, -0.15) is 0 Å². The minimum absolute atomic E-state index is 0.00449. The molecule has 0 aromatic rings. The Labute approximate surface area is 213 Å². The van der Waals surface area contributed by atoms with Crippen molar-refractivity contribution in [2.45, 2.75) is 97.7 Å². The third-order valence-electron chi connectivity index (χ3n) is 9.85. The summed E-state index contributed by atoms with van der Waals surface area (Å²) in [7, 11) is 0. The Balaban J connectivity index is 1.51. The molecule has 0 aromatic carbocycles. The summed E-state index contributed by atoms with van der Waals surface area (Å²) >= 11 is 0. The fourth-order valence-electron chi connectivity index (χ4n) is 8.38. The van der Waals surface area contributed by atoms with E-state index in [9.17, 15) is 19.5 Å². The zero-order valence-electron chi connectivity index (χ0n) is 22.6. The van der Waals surface area contributed by atoms with E-state index >= 15 is 0 Å². The lowest BCUT2D eigenvalue weighted by Crippen LogP contribution is -2.64. The van der Waals surface area contributed by atoms with Crippen LogP contribution >= 0.6 is 0 Å². The number of esters is 1. The molecule has 0 spiro atoms. The molecule has 5 aliphatic rings. The highest BCUT2D eigenvalue weighted by molar-refractivity contribution is 6.01. The van der Waals surface area contributed by atoms with Gasteiger partial charge in [-0.05, 0) is 84.3 Å². The summed E-state index contributed by atoms with van der Waals surface area (Å²) in [5.41, 5.74) is -2.03. The van der Waals surface area contributed by atoms with Gasteiger partial charge in [0.2, 0.25) is 5.78 Å². The number of fused-ring (bicyclic) bond motifs is 7. The van der Waals surface area contributed by atoms with E-state index < -0.39 is 45.8 Å². The first-order valence-corrected chi connectivity index (χ1v) is 13.3. The molecule has 4 fully saturated rings. The van der Waals surface area contributed by atoms with Gasteiger partial charge in [0.05, 0.1) is 17.6 Å². The van der Waals surface area contributed by atoms with Crippen LogP contribution in [0.2, 0.25) is 0 Å². The summed E-state index contributed by atoms with van der Waals surface area (Å²) in [6, 6.07) is 0. The molecule has 198 valence electrons. The molecule has 8 atom stereocenters. The second kappa shape index (κ2) is 7.84. The van der Waals surface area contributed by atoms with Crippen molar-refractivity contribution in [1.82, 2.24) is 0 Å². The van der Waals surface area contributed by atoms with E-state index in [0.29, 0.717) is 12.8 Å². The van der Waals surface area contributed by atoms with Gasteiger partial charge in [0.1, 0.15) is 0 Å². The molecular weight excluding hydrogens is 460 g/mol. The van der Waals surface area contributed by atoms with Crippen LogP contribution in [0, 0.1) is 34.0 Å². The monoisotopic (exact) mass is 500 g/mol. The number of carbonyl (C=O) groups excluding carboxylic acids is 3. The van der Waals surface area contributed by atoms with Crippen LogP contribution in [-0.4, -0.2) is 52.8 Å². The summed E-state index contributed by atoms with van der Waals surface area (Å²) in [6.07, 6.45) is 6.81. The molecule has 0 amide bonds. The maximum absolute atomic E-state index is 14.0. The topological polar surface area (TPSA) is 99.1 Å². The molecule has 0 bridgehead atoms. The first kappa shape index (κ1) is 25.8. The van der Waals surface area contributed by atoms with Crippen molar-refractivity contribution in [1.29, 1.82) is 0 Å². The Morgan fingerprint density at radius 2 is 1.89 bits per heavy atom. The first-order valence-electron chi connectivity index (χ1n) is 13.3. The van der Waals surface area contributed by atoms with Crippen molar-refractivity contribution in [2.24, 2.45) is 34.0 Å². The zero-order chi connectivity index (χ0) is 26.5. The highest BCUT2D eigenvalue weighted by Gasteiger charge is 2.77. The number of carbonyl (C=O) groups is 3. The van der Waals surface area contributed by atoms with Crippen molar-refractivity contribution >= 4 is 17.5 Å². The highest BCUT2D eigenvalue weighted by Crippen LogP contribution is 2.70. The lowest BCUT2D eigenvalue weighted by Gasteiger charge is -2.59. The maximum Gasteiger partial charge on any atom is 0.311 e. The van der Waals surface area contributed by atoms with Crippen LogP contribution in [-0.2, 0) is 28.6 Å². The number of rotatable bonds is 3. The van der Waals surface area contributed by atoms with Gasteiger partial charge in [-0.3, -0.25) is 14.4 Å². The fourth-order valence-corrected chi connectivity index (χ4v) is 8.38. The van der Waals surface area contributed by atoms with Crippen LogP contribution in [0.1, 0.15) is 74.1 Å². The number of hydrogen-bond donors (Lipinski definition) is 1. The molecule has 4 aliphatic carbocycles. The number of allylic oxidation sites excluding steroid dienone is 4. The predicted molar refractivity (Wildman–Crippen MR) is 132 cm³/mol. The summed E-state index contributed by atoms with van der Waals surface area (Å²) in [5.74, 6) is -1.53. The summed E-state index contributed by atoms with van der Waals surface area (Å²) in [4.78, 5) is 38.6. The van der Waals surface area contributed by atoms with E-state index in [1.165, 1.54) is 0 Å². The number of Topliss-reactive ketones (excluding diaryl/α,β-unsaturated/α-hetero) is 1. The summed E-state index contributed by atoms with van der Waals surface area (Å²) in [6.45, 7) is 12.7. The second-order valence-electron chi connectivity index (χ2n) is 13.5. The molecule has 1 saturated heterocycles. The third-order valence-corrected chi connectivity index (χ3v) is 9.85. The Kier molecular flexibility index (Phi) is 5.62. The summed E-state index contributed by atoms with van der Waals surface area (Å²) < 4.78 is 18.4. The van der Waals surface area contributed by atoms with E-state index in [-0.39, 0.29) is 35.9 Å². The van der Waals surface area contributed by atoms with E-state index in [1.54, 1.807) is 32.9 Å². The van der Waals surface area contributed by atoms with Gasteiger partial charge < -0.3 is 19.3 Å². The second-order valence-corrected chi connectivity index (χ2v) is 13.5. The standard InChI is InChI=1S/C29H40O7/c1-25(2,3)24(33)34-15-21(32)29-22(35-26(4,5)36-29)13-19-18-9-8-16-12-17(30)10-11-27(16,6)23(18)20(31)14-28(19,29)7/h10-12,18-20,22-23,31H,8-9,13-15H2,1-7H3/t18-,19-,20-,22?,23+,27-,28-,29+/m0/s1. The van der Waals surface area contributed by atoms with Crippen LogP contribution in [0.15, 0.2) is 23.8 Å². The fraction of sp³-hybridized carbons (Fsp3) is 0.759. The predicted octanol–water partition coefficient (Wildman–Crippen LogP) is 3.92. The molecule has 3 saturated carbocycles. The Hall–Kier alpha value is -1.83. The molecule has 7 heteroatoms. The first-order chi connectivity index (χ1) is 16.5. The van der Waals surface area contributed by atoms with Crippen LogP contribution in [0.3, 0.4) is 0 Å². The highest BCUT2D eigenvalue weighted by atomic mass is 16.8. The van der Waals surface area contributed by atoms with Crippen molar-refractivity contribution in [3.8, 4) is 0 Å². The molecule has 0 radical (unpaired) electrons. The number of aliphatic hydroxyl groups excluding tert-OH is 1. The van der Waals surface area contributed by atoms with E-state index in [4.69, 9.17) is 14.2 Å². The lowest BCUT2D eigenvalue weighted by atomic mass is 9.46. The average Bonchev–Trinajstić information content (AvgIpc) is 3.17. The SMILES string of the molecule is CC1(C)OC2C[C@H]3[C@@H]4CCC5=CC(=O)C=C[C@]5(C)[C@H]4[C@@H](O)C[C@]3(C)[C@]2(C(=O)COC(=O)C(C)(C)C)O1. The van der Waals surface area contributed by atoms with Crippen molar-refractivity contribution in [3.05, 3.63) is 23.8 Å². The van der Waals surface area contributed by atoms with Gasteiger partial charge >= 0.3 is 5.97 Å².